The smallest absolute Gasteiger partial charge is 0.311 e. The third-order valence-electron chi connectivity index (χ3n) is 13.5. The summed E-state index contributed by atoms with van der Waals surface area (Å²) in [5, 5.41) is 10.9. The Hall–Kier alpha value is -1.73. The fourth-order valence-corrected chi connectivity index (χ4v) is 13.2. The van der Waals surface area contributed by atoms with Crippen LogP contribution >= 0.6 is 21.6 Å². The number of hydrogen-bond acceptors (Lipinski definition) is 6. The summed E-state index contributed by atoms with van der Waals surface area (Å²) in [6.07, 6.45) is 17.3. The SMILES string of the molecule is CC1=C(OC(=O)CCCCC2CCSS2)C(=O)C=C2C1=CC=C1[C@@]2(C)CC[C@@]2(C)[C@@H]3C[C@](C)(C(=O)O)CC[C@]3(C)CC[C@]12C. The molecule has 5 aliphatic carbocycles. The Bertz CT molecular complexity index is 1400. The van der Waals surface area contributed by atoms with Crippen molar-refractivity contribution in [3.8, 4) is 0 Å². The van der Waals surface area contributed by atoms with Gasteiger partial charge < -0.3 is 9.84 Å². The highest BCUT2D eigenvalue weighted by atomic mass is 33.1. The van der Waals surface area contributed by atoms with Crippen LogP contribution in [0.15, 0.2) is 46.3 Å². The molecule has 1 aliphatic heterocycles. The number of ketones is 1. The van der Waals surface area contributed by atoms with Crippen LogP contribution in [-0.4, -0.2) is 33.8 Å². The van der Waals surface area contributed by atoms with Crippen LogP contribution in [0.1, 0.15) is 119 Å². The Kier molecular flexibility index (Phi) is 8.21. The minimum Gasteiger partial charge on any atom is -0.481 e. The van der Waals surface area contributed by atoms with Crippen molar-refractivity contribution >= 4 is 39.3 Å². The molecule has 1 saturated heterocycles. The summed E-state index contributed by atoms with van der Waals surface area (Å²) in [4.78, 5) is 38.8. The van der Waals surface area contributed by atoms with Gasteiger partial charge in [-0.2, -0.15) is 0 Å². The Morgan fingerprint density at radius 2 is 1.75 bits per heavy atom. The van der Waals surface area contributed by atoms with Crippen LogP contribution in [0.5, 0.6) is 0 Å². The lowest BCUT2D eigenvalue weighted by Gasteiger charge is -2.70. The number of ether oxygens (including phenoxy) is 1. The predicted octanol–water partition coefficient (Wildman–Crippen LogP) is 9.40. The minimum absolute atomic E-state index is 0.0338. The number of esters is 1. The molecule has 7 heteroatoms. The second-order valence-electron chi connectivity index (χ2n) is 15.9. The van der Waals surface area contributed by atoms with Crippen molar-refractivity contribution in [2.24, 2.45) is 33.0 Å². The highest BCUT2D eigenvalue weighted by Crippen LogP contribution is 2.75. The highest BCUT2D eigenvalue weighted by Gasteiger charge is 2.67. The topological polar surface area (TPSA) is 80.7 Å². The van der Waals surface area contributed by atoms with E-state index in [1.807, 2.05) is 35.4 Å². The molecule has 6 rings (SSSR count). The lowest BCUT2D eigenvalue weighted by molar-refractivity contribution is -0.178. The zero-order valence-electron chi connectivity index (χ0n) is 27.5. The summed E-state index contributed by atoms with van der Waals surface area (Å²) >= 11 is 0. The number of allylic oxidation sites excluding steroid dienone is 7. The third-order valence-corrected chi connectivity index (χ3v) is 16.5. The number of hydrogen-bond donors (Lipinski definition) is 1. The molecule has 1 N–H and O–H groups in total. The second-order valence-corrected chi connectivity index (χ2v) is 18.7. The summed E-state index contributed by atoms with van der Waals surface area (Å²) in [5.74, 6) is 0.549. The number of fused-ring (bicyclic) bond motifs is 7. The van der Waals surface area contributed by atoms with Crippen LogP contribution < -0.4 is 0 Å². The first-order valence-electron chi connectivity index (χ1n) is 16.8. The van der Waals surface area contributed by atoms with Crippen molar-refractivity contribution in [2.45, 2.75) is 124 Å². The molecule has 240 valence electrons. The van der Waals surface area contributed by atoms with E-state index in [0.717, 1.165) is 80.9 Å². The van der Waals surface area contributed by atoms with Crippen molar-refractivity contribution in [3.05, 3.63) is 46.3 Å². The largest absolute Gasteiger partial charge is 0.481 e. The van der Waals surface area contributed by atoms with Gasteiger partial charge in [0.15, 0.2) is 5.76 Å². The molecule has 0 radical (unpaired) electrons. The molecule has 0 aromatic rings. The quantitative estimate of drug-likeness (QED) is 0.169. The van der Waals surface area contributed by atoms with Crippen molar-refractivity contribution in [1.82, 2.24) is 0 Å². The van der Waals surface area contributed by atoms with Gasteiger partial charge in [-0.15, -0.1) is 0 Å². The van der Waals surface area contributed by atoms with E-state index in [4.69, 9.17) is 4.74 Å². The first-order valence-corrected chi connectivity index (χ1v) is 19.2. The highest BCUT2D eigenvalue weighted by molar-refractivity contribution is 8.77. The van der Waals surface area contributed by atoms with Gasteiger partial charge in [0, 0.05) is 28.4 Å². The van der Waals surface area contributed by atoms with E-state index in [9.17, 15) is 19.5 Å². The standard InChI is InChI=1S/C37H50O5S2/c1-23-25-11-12-28-35(4,26(25)21-27(38)31(23)42-30(39)10-8-7-9-24-13-20-43-44-24)17-19-37(6)29-22-34(3,32(40)41)15-14-33(29,2)16-18-36(28,37)5/h11-12,21,24,29H,7-10,13-20,22H2,1-6H3,(H,40,41)/t24?,29-,33-,34-,35+,36-,37+/m1/s1. The zero-order chi connectivity index (χ0) is 31.7. The van der Waals surface area contributed by atoms with Gasteiger partial charge in [-0.1, -0.05) is 73.4 Å². The molecule has 0 aromatic heterocycles. The molecule has 7 atom stereocenters. The van der Waals surface area contributed by atoms with Crippen LogP contribution in [0.4, 0.5) is 0 Å². The third kappa shape index (κ3) is 4.93. The van der Waals surface area contributed by atoms with Crippen molar-refractivity contribution in [3.63, 3.8) is 0 Å². The van der Waals surface area contributed by atoms with Crippen molar-refractivity contribution in [2.75, 3.05) is 5.75 Å². The Morgan fingerprint density at radius 1 is 1.00 bits per heavy atom. The maximum atomic E-state index is 13.6. The molecule has 0 spiro atoms. The van der Waals surface area contributed by atoms with E-state index >= 15 is 0 Å². The van der Waals surface area contributed by atoms with Gasteiger partial charge in [0.25, 0.3) is 0 Å². The maximum absolute atomic E-state index is 13.6. The Balaban J connectivity index is 1.25. The maximum Gasteiger partial charge on any atom is 0.311 e. The van der Waals surface area contributed by atoms with Gasteiger partial charge in [-0.05, 0) is 117 Å². The first kappa shape index (κ1) is 32.2. The van der Waals surface area contributed by atoms with E-state index in [0.29, 0.717) is 17.6 Å². The number of carboxylic acid groups (broad SMARTS) is 1. The summed E-state index contributed by atoms with van der Waals surface area (Å²) in [7, 11) is 3.91. The van der Waals surface area contributed by atoms with Gasteiger partial charge in [-0.3, -0.25) is 14.4 Å². The van der Waals surface area contributed by atoms with Gasteiger partial charge in [0.1, 0.15) is 0 Å². The summed E-state index contributed by atoms with van der Waals surface area (Å²) < 4.78 is 5.76. The van der Waals surface area contributed by atoms with Crippen LogP contribution in [0, 0.1) is 33.0 Å². The lowest BCUT2D eigenvalue weighted by Crippen LogP contribution is -2.62. The van der Waals surface area contributed by atoms with Gasteiger partial charge in [0.2, 0.25) is 5.78 Å². The summed E-state index contributed by atoms with van der Waals surface area (Å²) in [5.41, 5.74) is 3.26. The molecule has 4 fully saturated rings. The number of aliphatic carboxylic acids is 1. The van der Waals surface area contributed by atoms with E-state index in [2.05, 4.69) is 39.8 Å². The molecule has 0 amide bonds. The molecule has 6 aliphatic rings. The van der Waals surface area contributed by atoms with Crippen LogP contribution in [0.25, 0.3) is 0 Å². The van der Waals surface area contributed by atoms with E-state index in [1.165, 1.54) is 17.7 Å². The number of rotatable bonds is 7. The monoisotopic (exact) mass is 638 g/mol. The first-order chi connectivity index (χ1) is 20.7. The molecular formula is C37H50O5S2. The molecule has 0 bridgehead atoms. The fourth-order valence-electron chi connectivity index (χ4n) is 10.1. The van der Waals surface area contributed by atoms with Gasteiger partial charge in [-0.25, -0.2) is 0 Å². The number of carboxylic acids is 1. The van der Waals surface area contributed by atoms with E-state index < -0.39 is 11.4 Å². The fraction of sp³-hybridized carbons (Fsp3) is 0.703. The molecule has 5 nitrogen and oxygen atoms in total. The van der Waals surface area contributed by atoms with Crippen LogP contribution in [-0.2, 0) is 19.1 Å². The summed E-state index contributed by atoms with van der Waals surface area (Å²) in [6, 6.07) is 0. The molecule has 44 heavy (non-hydrogen) atoms. The number of carbonyl (C=O) groups excluding carboxylic acids is 2. The Labute approximate surface area is 271 Å². The minimum atomic E-state index is -0.678. The van der Waals surface area contributed by atoms with Crippen LogP contribution in [0.2, 0.25) is 0 Å². The summed E-state index contributed by atoms with van der Waals surface area (Å²) in [6.45, 7) is 13.5. The molecule has 3 saturated carbocycles. The lowest BCUT2D eigenvalue weighted by atomic mass is 9.34. The average molecular weight is 639 g/mol. The van der Waals surface area contributed by atoms with E-state index in [1.54, 1.807) is 6.08 Å². The van der Waals surface area contributed by atoms with Crippen molar-refractivity contribution < 1.29 is 24.2 Å². The second kappa shape index (κ2) is 11.2. The average Bonchev–Trinajstić information content (AvgIpc) is 3.50. The number of unbranched alkanes of at least 4 members (excludes halogenated alkanes) is 1. The molecule has 0 aromatic carbocycles. The zero-order valence-corrected chi connectivity index (χ0v) is 29.1. The molecular weight excluding hydrogens is 589 g/mol. The predicted molar refractivity (Wildman–Crippen MR) is 179 cm³/mol. The van der Waals surface area contributed by atoms with Crippen molar-refractivity contribution in [1.29, 1.82) is 0 Å². The number of carbonyl (C=O) groups is 3. The normalized spacial score (nSPS) is 41.4. The molecule has 1 unspecified atom stereocenters. The van der Waals surface area contributed by atoms with E-state index in [-0.39, 0.29) is 39.2 Å². The van der Waals surface area contributed by atoms with Gasteiger partial charge >= 0.3 is 11.9 Å². The Morgan fingerprint density at radius 3 is 2.45 bits per heavy atom. The van der Waals surface area contributed by atoms with Crippen LogP contribution in [0.3, 0.4) is 0 Å². The van der Waals surface area contributed by atoms with Gasteiger partial charge in [0.05, 0.1) is 5.41 Å². The molecule has 1 heterocycles.